The highest BCUT2D eigenvalue weighted by atomic mass is 16.4. The van der Waals surface area contributed by atoms with Crippen molar-refractivity contribution < 1.29 is 39.0 Å². The molecule has 2 aromatic rings. The molecule has 9 N–H and O–H groups in total. The molecule has 56 heavy (non-hydrogen) atoms. The molecule has 0 bridgehead atoms. The Labute approximate surface area is 330 Å². The summed E-state index contributed by atoms with van der Waals surface area (Å²) in [6.07, 6.45) is 0.0220. The molecule has 5 atom stereocenters. The van der Waals surface area contributed by atoms with Gasteiger partial charge in [0.2, 0.25) is 17.7 Å². The van der Waals surface area contributed by atoms with Crippen LogP contribution in [0.5, 0.6) is 0 Å². The van der Waals surface area contributed by atoms with Crippen LogP contribution in [0, 0.1) is 5.92 Å². The van der Waals surface area contributed by atoms with Crippen LogP contribution in [0.3, 0.4) is 0 Å². The molecule has 0 radical (unpaired) electrons. The van der Waals surface area contributed by atoms with E-state index in [1.165, 1.54) is 0 Å². The summed E-state index contributed by atoms with van der Waals surface area (Å²) in [5, 5.41) is 31.6. The van der Waals surface area contributed by atoms with Gasteiger partial charge in [0.15, 0.2) is 6.17 Å². The van der Waals surface area contributed by atoms with Crippen LogP contribution in [-0.2, 0) is 35.8 Å². The largest absolute Gasteiger partial charge is 0.480 e. The molecular formula is C41H63N7O8. The molecule has 2 unspecified atom stereocenters. The summed E-state index contributed by atoms with van der Waals surface area (Å²) in [6.45, 7) is 15.5. The van der Waals surface area contributed by atoms with Crippen molar-refractivity contribution in [1.82, 2.24) is 31.5 Å². The normalized spacial score (nSPS) is 14.2. The van der Waals surface area contributed by atoms with E-state index in [1.54, 1.807) is 36.4 Å². The van der Waals surface area contributed by atoms with Crippen molar-refractivity contribution in [3.05, 3.63) is 71.3 Å². The standard InChI is InChI=1S/C41H63N7O8/c1-8-48(9-2)22-14-13-17-30(36(51)46-33(25-49)40(55)56)43-37(52)31(23-26(3)4)45-39(54)34(42)47-38(53)32(24-27-15-11-10-12-16-27)44-35(50)28-18-20-29(21-19-28)41(5,6)7/h10-12,15-16,18-21,26,30-34,49H,8-9,13-14,17,22-25,42H2,1-7H3,(H,43,52)(H,44,50)(H,45,54)(H,46,51)(H,47,53)(H,55,56)/t30?,31?,32-,33-,34+/m0/s1. The topological polar surface area (TPSA) is 232 Å². The summed E-state index contributed by atoms with van der Waals surface area (Å²) in [6, 6.07) is 11.1. The summed E-state index contributed by atoms with van der Waals surface area (Å²) >= 11 is 0. The number of carboxylic acids is 1. The van der Waals surface area contributed by atoms with Crippen molar-refractivity contribution in [2.45, 2.75) is 116 Å². The first-order chi connectivity index (χ1) is 26.4. The van der Waals surface area contributed by atoms with Gasteiger partial charge in [0, 0.05) is 12.0 Å². The maximum absolute atomic E-state index is 13.7. The smallest absolute Gasteiger partial charge is 0.328 e. The van der Waals surface area contributed by atoms with Crippen LogP contribution < -0.4 is 32.3 Å². The molecule has 15 heteroatoms. The molecule has 5 amide bonds. The van der Waals surface area contributed by atoms with Crippen LogP contribution >= 0.6 is 0 Å². The zero-order chi connectivity index (χ0) is 42.0. The van der Waals surface area contributed by atoms with E-state index in [4.69, 9.17) is 5.73 Å². The summed E-state index contributed by atoms with van der Waals surface area (Å²) < 4.78 is 0. The lowest BCUT2D eigenvalue weighted by Crippen LogP contribution is -2.61. The first-order valence-electron chi connectivity index (χ1n) is 19.4. The van der Waals surface area contributed by atoms with Gasteiger partial charge in [-0.2, -0.15) is 0 Å². The van der Waals surface area contributed by atoms with Gasteiger partial charge in [0.25, 0.3) is 11.8 Å². The summed E-state index contributed by atoms with van der Waals surface area (Å²) in [7, 11) is 0. The number of amides is 5. The molecule has 2 aromatic carbocycles. The maximum atomic E-state index is 13.7. The third kappa shape index (κ3) is 16.1. The zero-order valence-electron chi connectivity index (χ0n) is 33.9. The zero-order valence-corrected chi connectivity index (χ0v) is 33.9. The molecule has 0 saturated heterocycles. The fourth-order valence-corrected chi connectivity index (χ4v) is 5.93. The highest BCUT2D eigenvalue weighted by Crippen LogP contribution is 2.22. The molecule has 0 spiro atoms. The minimum Gasteiger partial charge on any atom is -0.480 e. The van der Waals surface area contributed by atoms with E-state index in [1.807, 2.05) is 45.9 Å². The number of carboxylic acid groups (broad SMARTS) is 1. The lowest BCUT2D eigenvalue weighted by Gasteiger charge is -2.27. The Balaban J connectivity index is 2.22. The van der Waals surface area contributed by atoms with E-state index >= 15 is 0 Å². The number of aliphatic hydroxyl groups is 1. The maximum Gasteiger partial charge on any atom is 0.328 e. The van der Waals surface area contributed by atoms with Crippen molar-refractivity contribution >= 4 is 35.5 Å². The Kier molecular flexibility index (Phi) is 19.6. The van der Waals surface area contributed by atoms with Gasteiger partial charge in [-0.05, 0) is 79.9 Å². The van der Waals surface area contributed by atoms with Gasteiger partial charge >= 0.3 is 5.97 Å². The number of aliphatic carboxylic acids is 1. The second kappa shape index (κ2) is 23.3. The Morgan fingerprint density at radius 2 is 1.27 bits per heavy atom. The Morgan fingerprint density at radius 1 is 0.714 bits per heavy atom. The quantitative estimate of drug-likeness (QED) is 0.0602. The lowest BCUT2D eigenvalue weighted by molar-refractivity contribution is -0.143. The molecule has 310 valence electrons. The van der Waals surface area contributed by atoms with E-state index in [0.29, 0.717) is 18.4 Å². The number of rotatable bonds is 23. The predicted molar refractivity (Wildman–Crippen MR) is 214 cm³/mol. The summed E-state index contributed by atoms with van der Waals surface area (Å²) in [5.74, 6) is -5.14. The number of nitrogens with two attached hydrogens (primary N) is 1. The second-order valence-corrected chi connectivity index (χ2v) is 15.4. The van der Waals surface area contributed by atoms with E-state index in [9.17, 15) is 39.0 Å². The number of carbonyl (C=O) groups is 6. The Hall–Kier alpha value is -4.86. The predicted octanol–water partition coefficient (Wildman–Crippen LogP) is 1.82. The molecule has 0 heterocycles. The van der Waals surface area contributed by atoms with Crippen molar-refractivity contribution in [1.29, 1.82) is 0 Å². The van der Waals surface area contributed by atoms with Crippen LogP contribution in [0.25, 0.3) is 0 Å². The SMILES string of the molecule is CCN(CC)CCCCC(NC(=O)C(CC(C)C)NC(=O)[C@H](N)NC(=O)[C@H](Cc1ccccc1)NC(=O)c1ccc(C(C)(C)C)cc1)C(=O)N[C@@H](CO)C(=O)O. The molecular weight excluding hydrogens is 718 g/mol. The molecule has 0 aromatic heterocycles. The third-order valence-corrected chi connectivity index (χ3v) is 9.38. The third-order valence-electron chi connectivity index (χ3n) is 9.38. The minimum absolute atomic E-state index is 0.0998. The lowest BCUT2D eigenvalue weighted by atomic mass is 9.86. The van der Waals surface area contributed by atoms with E-state index < -0.39 is 72.4 Å². The number of benzene rings is 2. The average Bonchev–Trinajstić information content (AvgIpc) is 3.15. The van der Waals surface area contributed by atoms with Crippen LogP contribution in [-0.4, -0.2) is 107 Å². The van der Waals surface area contributed by atoms with Crippen LogP contribution in [0.15, 0.2) is 54.6 Å². The highest BCUT2D eigenvalue weighted by molar-refractivity contribution is 5.99. The molecule has 15 nitrogen and oxygen atoms in total. The molecule has 0 aliphatic carbocycles. The molecule has 0 fully saturated rings. The van der Waals surface area contributed by atoms with Crippen LogP contribution in [0.2, 0.25) is 0 Å². The highest BCUT2D eigenvalue weighted by Gasteiger charge is 2.32. The van der Waals surface area contributed by atoms with Crippen LogP contribution in [0.4, 0.5) is 0 Å². The van der Waals surface area contributed by atoms with E-state index in [2.05, 4.69) is 52.3 Å². The fourth-order valence-electron chi connectivity index (χ4n) is 5.93. The number of unbranched alkanes of at least 4 members (excludes halogenated alkanes) is 1. The number of nitrogens with zero attached hydrogens (tertiary/aromatic N) is 1. The fraction of sp³-hybridized carbons (Fsp3) is 0.561. The monoisotopic (exact) mass is 781 g/mol. The summed E-state index contributed by atoms with van der Waals surface area (Å²) in [5.41, 5.74) is 8.18. The first kappa shape index (κ1) is 47.3. The number of hydrogen-bond donors (Lipinski definition) is 8. The minimum atomic E-state index is -1.62. The number of hydrogen-bond acceptors (Lipinski definition) is 9. The van der Waals surface area contributed by atoms with E-state index in [-0.39, 0.29) is 30.6 Å². The van der Waals surface area contributed by atoms with Gasteiger partial charge in [-0.25, -0.2) is 4.79 Å². The van der Waals surface area contributed by atoms with Gasteiger partial charge in [0.05, 0.1) is 6.61 Å². The number of carbonyl (C=O) groups excluding carboxylic acids is 5. The first-order valence-corrected chi connectivity index (χ1v) is 19.4. The van der Waals surface area contributed by atoms with Crippen molar-refractivity contribution in [2.75, 3.05) is 26.2 Å². The van der Waals surface area contributed by atoms with Crippen molar-refractivity contribution in [3.8, 4) is 0 Å². The van der Waals surface area contributed by atoms with Gasteiger partial charge in [0.1, 0.15) is 24.2 Å². The average molecular weight is 782 g/mol. The van der Waals surface area contributed by atoms with Gasteiger partial charge in [-0.1, -0.05) is 90.9 Å². The number of nitrogens with one attached hydrogen (secondary N) is 5. The molecule has 2 rings (SSSR count). The van der Waals surface area contributed by atoms with Crippen molar-refractivity contribution in [3.63, 3.8) is 0 Å². The van der Waals surface area contributed by atoms with Gasteiger partial charge in [-0.3, -0.25) is 24.0 Å². The Bertz CT molecular complexity index is 1580. The second-order valence-electron chi connectivity index (χ2n) is 15.4. The molecule has 0 saturated carbocycles. The van der Waals surface area contributed by atoms with Gasteiger partial charge in [-0.15, -0.1) is 0 Å². The molecule has 0 aliphatic rings. The Morgan fingerprint density at radius 3 is 1.80 bits per heavy atom. The molecule has 0 aliphatic heterocycles. The van der Waals surface area contributed by atoms with Crippen molar-refractivity contribution in [2.24, 2.45) is 11.7 Å². The summed E-state index contributed by atoms with van der Waals surface area (Å²) in [4.78, 5) is 81.0. The van der Waals surface area contributed by atoms with Crippen LogP contribution in [0.1, 0.15) is 95.6 Å². The van der Waals surface area contributed by atoms with E-state index in [0.717, 1.165) is 30.8 Å². The number of aliphatic hydroxyl groups excluding tert-OH is 1. The van der Waals surface area contributed by atoms with Gasteiger partial charge < -0.3 is 47.4 Å².